The fraction of sp³-hybridized carbons (Fsp3) is 0.391. The molecule has 2 aliphatic rings. The topological polar surface area (TPSA) is 60.6 Å². The lowest BCUT2D eigenvalue weighted by atomic mass is 10.1. The van der Waals surface area contributed by atoms with Gasteiger partial charge in [-0.1, -0.05) is 41.6 Å². The third-order valence-corrected chi connectivity index (χ3v) is 5.78. The minimum Gasteiger partial charge on any atom is -0.496 e. The van der Waals surface area contributed by atoms with Crippen LogP contribution in [0.5, 0.6) is 5.75 Å². The van der Waals surface area contributed by atoms with Crippen LogP contribution >= 0.6 is 0 Å². The van der Waals surface area contributed by atoms with Crippen LogP contribution in [0.4, 0.5) is 0 Å². The van der Waals surface area contributed by atoms with Gasteiger partial charge in [0.05, 0.1) is 20.3 Å². The summed E-state index contributed by atoms with van der Waals surface area (Å²) in [5.74, 6) is 2.95. The number of para-hydroxylation sites is 1. The molecule has 0 amide bonds. The Hall–Kier alpha value is -2.70. The number of hydrogen-bond acceptors (Lipinski definition) is 6. The van der Waals surface area contributed by atoms with E-state index >= 15 is 0 Å². The van der Waals surface area contributed by atoms with Crippen molar-refractivity contribution in [2.75, 3.05) is 33.4 Å². The largest absolute Gasteiger partial charge is 0.496 e. The van der Waals surface area contributed by atoms with Gasteiger partial charge in [-0.15, -0.1) is 0 Å². The Kier molecular flexibility index (Phi) is 5.04. The maximum absolute atomic E-state index is 5.63. The van der Waals surface area contributed by atoms with Gasteiger partial charge in [-0.2, -0.15) is 4.98 Å². The predicted molar refractivity (Wildman–Crippen MR) is 109 cm³/mol. The van der Waals surface area contributed by atoms with Gasteiger partial charge in [-0.25, -0.2) is 0 Å². The Labute approximate surface area is 170 Å². The van der Waals surface area contributed by atoms with Gasteiger partial charge in [0.15, 0.2) is 0 Å². The Bertz CT molecular complexity index is 981. The van der Waals surface area contributed by atoms with E-state index < -0.39 is 0 Å². The number of rotatable bonds is 6. The molecule has 6 heteroatoms. The highest BCUT2D eigenvalue weighted by atomic mass is 16.5. The van der Waals surface area contributed by atoms with E-state index in [0.29, 0.717) is 11.7 Å². The summed E-state index contributed by atoms with van der Waals surface area (Å²) in [6.45, 7) is 4.48. The van der Waals surface area contributed by atoms with Crippen LogP contribution in [0.25, 0.3) is 11.4 Å². The average Bonchev–Trinajstić information content (AvgIpc) is 3.42. The maximum Gasteiger partial charge on any atom is 0.230 e. The van der Waals surface area contributed by atoms with E-state index in [4.69, 9.17) is 19.0 Å². The van der Waals surface area contributed by atoms with Crippen LogP contribution in [0.1, 0.15) is 35.3 Å². The first-order chi connectivity index (χ1) is 14.3. The van der Waals surface area contributed by atoms with Gasteiger partial charge in [-0.3, -0.25) is 4.90 Å². The predicted octanol–water partition coefficient (Wildman–Crippen LogP) is 3.85. The lowest BCUT2D eigenvalue weighted by Crippen LogP contribution is -2.35. The first-order valence-electron chi connectivity index (χ1n) is 10.2. The number of methoxy groups -OCH3 is 1. The molecule has 29 heavy (non-hydrogen) atoms. The number of hydrogen-bond donors (Lipinski definition) is 0. The number of morpholine rings is 1. The van der Waals surface area contributed by atoms with Gasteiger partial charge in [0.2, 0.25) is 11.7 Å². The number of aromatic nitrogens is 2. The van der Waals surface area contributed by atoms with E-state index in [1.165, 1.54) is 11.1 Å². The van der Waals surface area contributed by atoms with Crippen molar-refractivity contribution in [2.24, 2.45) is 0 Å². The molecule has 1 aromatic heterocycles. The number of nitrogens with zero attached hydrogens (tertiary/aromatic N) is 3. The second-order valence-electron chi connectivity index (χ2n) is 7.74. The van der Waals surface area contributed by atoms with E-state index in [-0.39, 0.29) is 5.92 Å². The average molecular weight is 391 g/mol. The molecule has 2 aromatic carbocycles. The second kappa shape index (κ2) is 7.97. The lowest BCUT2D eigenvalue weighted by molar-refractivity contribution is 0.0342. The van der Waals surface area contributed by atoms with Gasteiger partial charge in [0.1, 0.15) is 5.75 Å². The summed E-state index contributed by atoms with van der Waals surface area (Å²) >= 11 is 0. The van der Waals surface area contributed by atoms with Gasteiger partial charge in [0, 0.05) is 31.1 Å². The zero-order valence-corrected chi connectivity index (χ0v) is 16.6. The molecule has 0 N–H and O–H groups in total. The Morgan fingerprint density at radius 2 is 1.93 bits per heavy atom. The third kappa shape index (κ3) is 3.91. The summed E-state index contributed by atoms with van der Waals surface area (Å²) in [6.07, 6.45) is 1.01. The molecule has 1 aliphatic carbocycles. The molecule has 1 aliphatic heterocycles. The first-order valence-corrected chi connectivity index (χ1v) is 10.2. The number of benzene rings is 2. The minimum absolute atomic E-state index is 0.268. The summed E-state index contributed by atoms with van der Waals surface area (Å²) in [4.78, 5) is 7.12. The fourth-order valence-electron chi connectivity index (χ4n) is 4.11. The quantitative estimate of drug-likeness (QED) is 0.636. The molecule has 1 saturated heterocycles. The molecule has 2 heterocycles. The van der Waals surface area contributed by atoms with Gasteiger partial charge >= 0.3 is 0 Å². The van der Waals surface area contributed by atoms with E-state index in [9.17, 15) is 0 Å². The number of ether oxygens (including phenoxy) is 2. The van der Waals surface area contributed by atoms with E-state index in [0.717, 1.165) is 56.5 Å². The van der Waals surface area contributed by atoms with Crippen LogP contribution in [0.15, 0.2) is 53.1 Å². The normalized spacial score (nSPS) is 21.8. The second-order valence-corrected chi connectivity index (χ2v) is 7.74. The van der Waals surface area contributed by atoms with Crippen molar-refractivity contribution in [3.05, 3.63) is 65.5 Å². The van der Waals surface area contributed by atoms with Crippen molar-refractivity contribution >= 4 is 0 Å². The highest BCUT2D eigenvalue weighted by Crippen LogP contribution is 2.56. The molecule has 3 aromatic rings. The molecule has 2 fully saturated rings. The molecule has 0 bridgehead atoms. The van der Waals surface area contributed by atoms with Crippen molar-refractivity contribution in [2.45, 2.75) is 24.8 Å². The lowest BCUT2D eigenvalue weighted by Gasteiger charge is -2.26. The molecule has 1 saturated carbocycles. The summed E-state index contributed by atoms with van der Waals surface area (Å²) in [5.41, 5.74) is 3.47. The third-order valence-electron chi connectivity index (χ3n) is 5.78. The van der Waals surface area contributed by atoms with E-state index in [2.05, 4.69) is 34.3 Å². The smallest absolute Gasteiger partial charge is 0.230 e. The van der Waals surface area contributed by atoms with Crippen molar-refractivity contribution in [1.82, 2.24) is 15.0 Å². The standard InChI is InChI=1S/C23H25N3O3/c1-27-21-8-3-2-7-18(21)19-14-20(19)23-24-22(25-29-23)17-6-4-5-16(13-17)15-26-9-11-28-12-10-26/h2-8,13,19-20H,9-12,14-15H2,1H3. The van der Waals surface area contributed by atoms with Crippen LogP contribution in [-0.4, -0.2) is 48.5 Å². The Morgan fingerprint density at radius 1 is 1.07 bits per heavy atom. The molecule has 2 unspecified atom stereocenters. The maximum atomic E-state index is 5.63. The first kappa shape index (κ1) is 18.3. The highest BCUT2D eigenvalue weighted by Gasteiger charge is 2.45. The van der Waals surface area contributed by atoms with Gasteiger partial charge in [0.25, 0.3) is 0 Å². The molecule has 5 rings (SSSR count). The monoisotopic (exact) mass is 391 g/mol. The van der Waals surface area contributed by atoms with Crippen molar-refractivity contribution in [1.29, 1.82) is 0 Å². The van der Waals surface area contributed by atoms with Crippen LogP contribution in [-0.2, 0) is 11.3 Å². The van der Waals surface area contributed by atoms with Crippen LogP contribution in [0.3, 0.4) is 0 Å². The highest BCUT2D eigenvalue weighted by molar-refractivity contribution is 5.55. The van der Waals surface area contributed by atoms with Gasteiger partial charge < -0.3 is 14.0 Å². The summed E-state index contributed by atoms with van der Waals surface area (Å²) in [6, 6.07) is 16.6. The fourth-order valence-corrected chi connectivity index (χ4v) is 4.11. The molecular weight excluding hydrogens is 366 g/mol. The van der Waals surface area contributed by atoms with E-state index in [1.54, 1.807) is 7.11 Å². The Morgan fingerprint density at radius 3 is 2.79 bits per heavy atom. The molecule has 0 spiro atoms. The van der Waals surface area contributed by atoms with E-state index in [1.807, 2.05) is 24.3 Å². The summed E-state index contributed by atoms with van der Waals surface area (Å²) in [7, 11) is 1.71. The molecule has 0 radical (unpaired) electrons. The van der Waals surface area contributed by atoms with Crippen LogP contribution in [0.2, 0.25) is 0 Å². The Balaban J connectivity index is 1.30. The van der Waals surface area contributed by atoms with Crippen LogP contribution < -0.4 is 4.74 Å². The van der Waals surface area contributed by atoms with Crippen LogP contribution in [0, 0.1) is 0 Å². The minimum atomic E-state index is 0.268. The molecule has 6 nitrogen and oxygen atoms in total. The molecular formula is C23H25N3O3. The van der Waals surface area contributed by atoms with Crippen molar-refractivity contribution < 1.29 is 14.0 Å². The zero-order chi connectivity index (χ0) is 19.6. The summed E-state index contributed by atoms with van der Waals surface area (Å²) < 4.78 is 16.6. The summed E-state index contributed by atoms with van der Waals surface area (Å²) in [5, 5.41) is 4.26. The van der Waals surface area contributed by atoms with Gasteiger partial charge in [-0.05, 0) is 35.6 Å². The SMILES string of the molecule is COc1ccccc1C1CC1c1nc(-c2cccc(CN3CCOCC3)c2)no1. The zero-order valence-electron chi connectivity index (χ0n) is 16.6. The molecule has 150 valence electrons. The molecule has 2 atom stereocenters. The van der Waals surface area contributed by atoms with Crippen molar-refractivity contribution in [3.63, 3.8) is 0 Å². The van der Waals surface area contributed by atoms with Crippen molar-refractivity contribution in [3.8, 4) is 17.1 Å².